The average Bonchev–Trinajstić information content (AvgIpc) is 2.73. The number of nitrogens with zero attached hydrogens (tertiary/aromatic N) is 1. The number of nitro groups is 1. The van der Waals surface area contributed by atoms with Gasteiger partial charge in [-0.2, -0.15) is 0 Å². The Labute approximate surface area is 92.1 Å². The van der Waals surface area contributed by atoms with Crippen LogP contribution >= 0.6 is 0 Å². The number of nitrogen functional groups attached to an aromatic ring is 1. The van der Waals surface area contributed by atoms with E-state index in [1.54, 1.807) is 6.07 Å². The first kappa shape index (κ1) is 10.7. The fourth-order valence-electron chi connectivity index (χ4n) is 1.56. The van der Waals surface area contributed by atoms with Crippen LogP contribution in [0.25, 0.3) is 0 Å². The molecule has 0 spiro atoms. The maximum Gasteiger partial charge on any atom is 0.312 e. The van der Waals surface area contributed by atoms with Gasteiger partial charge in [-0.25, -0.2) is 0 Å². The van der Waals surface area contributed by atoms with Gasteiger partial charge in [0.05, 0.1) is 18.1 Å². The molecular formula is C10H12N2O4. The smallest absolute Gasteiger partial charge is 0.312 e. The van der Waals surface area contributed by atoms with Crippen molar-refractivity contribution in [1.82, 2.24) is 0 Å². The second-order valence-corrected chi connectivity index (χ2v) is 3.59. The van der Waals surface area contributed by atoms with E-state index in [4.69, 9.17) is 15.2 Å². The van der Waals surface area contributed by atoms with E-state index in [2.05, 4.69) is 0 Å². The molecule has 1 aromatic carbocycles. The van der Waals surface area contributed by atoms with Crippen molar-refractivity contribution in [3.8, 4) is 5.75 Å². The summed E-state index contributed by atoms with van der Waals surface area (Å²) in [7, 11) is 0. The molecule has 1 aliphatic heterocycles. The Morgan fingerprint density at radius 1 is 1.56 bits per heavy atom. The Morgan fingerprint density at radius 3 is 3.00 bits per heavy atom. The summed E-state index contributed by atoms with van der Waals surface area (Å²) in [6.07, 6.45) is 0.643. The van der Waals surface area contributed by atoms with E-state index < -0.39 is 4.92 Å². The summed E-state index contributed by atoms with van der Waals surface area (Å²) < 4.78 is 10.6. The molecule has 0 bridgehead atoms. The molecule has 86 valence electrons. The van der Waals surface area contributed by atoms with Gasteiger partial charge in [0.2, 0.25) is 0 Å². The van der Waals surface area contributed by atoms with Gasteiger partial charge >= 0.3 is 5.69 Å². The molecule has 1 aromatic rings. The zero-order valence-electron chi connectivity index (χ0n) is 8.59. The lowest BCUT2D eigenvalue weighted by Gasteiger charge is -2.11. The number of anilines is 1. The van der Waals surface area contributed by atoms with E-state index in [9.17, 15) is 10.1 Å². The molecule has 2 N–H and O–H groups in total. The van der Waals surface area contributed by atoms with Gasteiger partial charge < -0.3 is 15.2 Å². The van der Waals surface area contributed by atoms with Gasteiger partial charge in [-0.05, 0) is 12.1 Å². The summed E-state index contributed by atoms with van der Waals surface area (Å²) >= 11 is 0. The van der Waals surface area contributed by atoms with Crippen LogP contribution in [-0.4, -0.2) is 24.2 Å². The second-order valence-electron chi connectivity index (χ2n) is 3.59. The van der Waals surface area contributed by atoms with E-state index in [1.165, 1.54) is 12.1 Å². The van der Waals surface area contributed by atoms with E-state index >= 15 is 0 Å². The lowest BCUT2D eigenvalue weighted by Crippen LogP contribution is -2.16. The van der Waals surface area contributed by atoms with Crippen LogP contribution in [0.4, 0.5) is 11.4 Å². The first-order chi connectivity index (χ1) is 7.66. The minimum Gasteiger partial charge on any atom is -0.481 e. The number of nitro benzene ring substituents is 1. The van der Waals surface area contributed by atoms with Crippen molar-refractivity contribution in [2.24, 2.45) is 0 Å². The highest BCUT2D eigenvalue weighted by molar-refractivity contribution is 5.56. The van der Waals surface area contributed by atoms with E-state index in [0.717, 1.165) is 6.42 Å². The minimum absolute atomic E-state index is 0.105. The van der Waals surface area contributed by atoms with Crippen LogP contribution in [0.15, 0.2) is 18.2 Å². The molecule has 6 nitrogen and oxygen atoms in total. The zero-order valence-corrected chi connectivity index (χ0v) is 8.59. The molecule has 0 saturated carbocycles. The van der Waals surface area contributed by atoms with Crippen molar-refractivity contribution in [3.63, 3.8) is 0 Å². The highest BCUT2D eigenvalue weighted by atomic mass is 16.6. The number of rotatable bonds is 3. The van der Waals surface area contributed by atoms with Gasteiger partial charge in [0.1, 0.15) is 6.10 Å². The van der Waals surface area contributed by atoms with Crippen molar-refractivity contribution in [1.29, 1.82) is 0 Å². The van der Waals surface area contributed by atoms with E-state index in [1.807, 2.05) is 0 Å². The van der Waals surface area contributed by atoms with Crippen LogP contribution in [0, 0.1) is 10.1 Å². The van der Waals surface area contributed by atoms with Crippen molar-refractivity contribution < 1.29 is 14.4 Å². The Kier molecular flexibility index (Phi) is 2.91. The lowest BCUT2D eigenvalue weighted by atomic mass is 10.2. The third-order valence-electron chi connectivity index (χ3n) is 2.36. The van der Waals surface area contributed by atoms with Crippen LogP contribution in [-0.2, 0) is 4.74 Å². The van der Waals surface area contributed by atoms with Crippen LogP contribution in [0.2, 0.25) is 0 Å². The number of ether oxygens (including phenoxy) is 2. The van der Waals surface area contributed by atoms with Crippen LogP contribution in [0.5, 0.6) is 5.75 Å². The molecule has 6 heteroatoms. The fraction of sp³-hybridized carbons (Fsp3) is 0.400. The number of hydrogen-bond acceptors (Lipinski definition) is 5. The first-order valence-electron chi connectivity index (χ1n) is 4.95. The van der Waals surface area contributed by atoms with Gasteiger partial charge in [0, 0.05) is 18.2 Å². The largest absolute Gasteiger partial charge is 0.481 e. The first-order valence-corrected chi connectivity index (χ1v) is 4.95. The number of benzene rings is 1. The molecular weight excluding hydrogens is 212 g/mol. The van der Waals surface area contributed by atoms with Crippen molar-refractivity contribution in [2.45, 2.75) is 12.5 Å². The zero-order chi connectivity index (χ0) is 11.5. The Morgan fingerprint density at radius 2 is 2.38 bits per heavy atom. The third kappa shape index (κ3) is 2.22. The van der Waals surface area contributed by atoms with Crippen molar-refractivity contribution in [3.05, 3.63) is 28.3 Å². The lowest BCUT2D eigenvalue weighted by molar-refractivity contribution is -0.386. The van der Waals surface area contributed by atoms with E-state index in [-0.39, 0.29) is 17.5 Å². The summed E-state index contributed by atoms with van der Waals surface area (Å²) in [5.74, 6) is 0.245. The molecule has 0 amide bonds. The van der Waals surface area contributed by atoms with Gasteiger partial charge in [0.25, 0.3) is 0 Å². The SMILES string of the molecule is Nc1ccc(OC2CCOC2)c([N+](=O)[O-])c1. The predicted molar refractivity (Wildman–Crippen MR) is 57.4 cm³/mol. The molecule has 1 heterocycles. The highest BCUT2D eigenvalue weighted by Gasteiger charge is 2.22. The van der Waals surface area contributed by atoms with Crippen molar-refractivity contribution >= 4 is 11.4 Å². The maximum atomic E-state index is 10.8. The molecule has 0 radical (unpaired) electrons. The summed E-state index contributed by atoms with van der Waals surface area (Å²) in [6, 6.07) is 4.40. The van der Waals surface area contributed by atoms with Crippen LogP contribution in [0.3, 0.4) is 0 Å². The molecule has 1 atom stereocenters. The molecule has 1 fully saturated rings. The Bertz CT molecular complexity index is 402. The normalized spacial score (nSPS) is 19.6. The second kappa shape index (κ2) is 4.36. The monoisotopic (exact) mass is 224 g/mol. The summed E-state index contributed by atoms with van der Waals surface area (Å²) in [5.41, 5.74) is 5.73. The molecule has 1 saturated heterocycles. The minimum atomic E-state index is -0.499. The van der Waals surface area contributed by atoms with E-state index in [0.29, 0.717) is 18.9 Å². The Hall–Kier alpha value is -1.82. The number of nitrogens with two attached hydrogens (primary N) is 1. The summed E-state index contributed by atoms with van der Waals surface area (Å²) in [4.78, 5) is 10.3. The van der Waals surface area contributed by atoms with Gasteiger partial charge in [-0.15, -0.1) is 0 Å². The third-order valence-corrected chi connectivity index (χ3v) is 2.36. The maximum absolute atomic E-state index is 10.8. The highest BCUT2D eigenvalue weighted by Crippen LogP contribution is 2.30. The van der Waals surface area contributed by atoms with Gasteiger partial charge in [-0.1, -0.05) is 0 Å². The van der Waals surface area contributed by atoms with Crippen LogP contribution in [0.1, 0.15) is 6.42 Å². The fourth-order valence-corrected chi connectivity index (χ4v) is 1.56. The molecule has 0 aromatic heterocycles. The standard InChI is InChI=1S/C10H12N2O4/c11-7-1-2-10(9(5-7)12(13)14)16-8-3-4-15-6-8/h1-2,5,8H,3-4,6,11H2. The van der Waals surface area contributed by atoms with Crippen LogP contribution < -0.4 is 10.5 Å². The molecule has 1 aliphatic rings. The topological polar surface area (TPSA) is 87.6 Å². The van der Waals surface area contributed by atoms with Gasteiger partial charge in [0.15, 0.2) is 5.75 Å². The van der Waals surface area contributed by atoms with Gasteiger partial charge in [-0.3, -0.25) is 10.1 Å². The molecule has 1 unspecified atom stereocenters. The number of hydrogen-bond donors (Lipinski definition) is 1. The van der Waals surface area contributed by atoms with Crippen molar-refractivity contribution in [2.75, 3.05) is 18.9 Å². The predicted octanol–water partition coefficient (Wildman–Crippen LogP) is 1.34. The Balaban J connectivity index is 2.21. The summed E-state index contributed by atoms with van der Waals surface area (Å²) in [6.45, 7) is 1.11. The quantitative estimate of drug-likeness (QED) is 0.475. The molecule has 0 aliphatic carbocycles. The average molecular weight is 224 g/mol. The molecule has 16 heavy (non-hydrogen) atoms. The molecule has 2 rings (SSSR count). The summed E-state index contributed by atoms with van der Waals surface area (Å²) in [5, 5.41) is 10.8.